The highest BCUT2D eigenvalue weighted by Gasteiger charge is 2.07. The van der Waals surface area contributed by atoms with E-state index in [1.807, 2.05) is 48.7 Å². The second kappa shape index (κ2) is 5.37. The number of aromatic nitrogens is 3. The Morgan fingerprint density at radius 1 is 1.25 bits per heavy atom. The Morgan fingerprint density at radius 3 is 2.90 bits per heavy atom. The van der Waals surface area contributed by atoms with Crippen molar-refractivity contribution in [2.45, 2.75) is 6.42 Å². The number of fused-ring (bicyclic) bond motifs is 1. The Kier molecular flexibility index (Phi) is 3.25. The van der Waals surface area contributed by atoms with E-state index in [2.05, 4.69) is 15.0 Å². The number of hydrogen-bond acceptors (Lipinski definition) is 3. The summed E-state index contributed by atoms with van der Waals surface area (Å²) in [5, 5.41) is 8.53. The van der Waals surface area contributed by atoms with E-state index < -0.39 is 0 Å². The van der Waals surface area contributed by atoms with Crippen molar-refractivity contribution < 1.29 is 0 Å². The summed E-state index contributed by atoms with van der Waals surface area (Å²) in [5.41, 5.74) is 4.56. The molecule has 20 heavy (non-hydrogen) atoms. The molecule has 0 fully saturated rings. The molecule has 3 aromatic rings. The second-order valence-electron chi connectivity index (χ2n) is 4.37. The first-order chi connectivity index (χ1) is 9.88. The van der Waals surface area contributed by atoms with Crippen LogP contribution in [-0.2, 0) is 6.42 Å². The third-order valence-electron chi connectivity index (χ3n) is 3.06. The van der Waals surface area contributed by atoms with Crippen molar-refractivity contribution in [2.24, 2.45) is 0 Å². The smallest absolute Gasteiger partial charge is 0.156 e. The highest BCUT2D eigenvalue weighted by molar-refractivity contribution is 5.78. The van der Waals surface area contributed by atoms with Crippen LogP contribution >= 0.6 is 0 Å². The fourth-order valence-corrected chi connectivity index (χ4v) is 2.08. The lowest BCUT2D eigenvalue weighted by molar-refractivity contribution is 1.25. The van der Waals surface area contributed by atoms with Gasteiger partial charge in [-0.1, -0.05) is 36.4 Å². The molecule has 0 aliphatic heterocycles. The van der Waals surface area contributed by atoms with E-state index in [4.69, 9.17) is 5.26 Å². The van der Waals surface area contributed by atoms with E-state index in [-0.39, 0.29) is 0 Å². The monoisotopic (exact) mass is 260 g/mol. The Bertz CT molecular complexity index is 794. The lowest BCUT2D eigenvalue weighted by Gasteiger charge is -2.00. The number of nitrogens with one attached hydrogen (secondary N) is 1. The summed E-state index contributed by atoms with van der Waals surface area (Å²) in [5.74, 6) is 0. The Labute approximate surface area is 116 Å². The van der Waals surface area contributed by atoms with Crippen LogP contribution in [0.4, 0.5) is 0 Å². The Morgan fingerprint density at radius 2 is 2.10 bits per heavy atom. The standard InChI is InChI=1S/C16H12N4/c17-9-5-4-8-13-10-18-16-15(13)20-14(11-19-16)12-6-2-1-3-7-12/h1-7,10-11H,8H2,(H,18,19)/b5-4-. The average Bonchev–Trinajstić information content (AvgIpc) is 2.91. The van der Waals surface area contributed by atoms with Crippen LogP contribution < -0.4 is 0 Å². The summed E-state index contributed by atoms with van der Waals surface area (Å²) < 4.78 is 0. The number of benzene rings is 1. The molecule has 0 aliphatic carbocycles. The van der Waals surface area contributed by atoms with Gasteiger partial charge < -0.3 is 4.98 Å². The molecule has 4 heteroatoms. The van der Waals surface area contributed by atoms with Crippen LogP contribution in [-0.4, -0.2) is 15.0 Å². The van der Waals surface area contributed by atoms with Crippen molar-refractivity contribution in [3.8, 4) is 17.3 Å². The van der Waals surface area contributed by atoms with Crippen LogP contribution in [0.5, 0.6) is 0 Å². The maximum absolute atomic E-state index is 8.53. The van der Waals surface area contributed by atoms with Crippen LogP contribution in [0.1, 0.15) is 5.56 Å². The number of aromatic amines is 1. The number of nitrogens with zero attached hydrogens (tertiary/aromatic N) is 3. The van der Waals surface area contributed by atoms with Gasteiger partial charge >= 0.3 is 0 Å². The van der Waals surface area contributed by atoms with Gasteiger partial charge in [0.15, 0.2) is 5.65 Å². The fraction of sp³-hybridized carbons (Fsp3) is 0.0625. The highest BCUT2D eigenvalue weighted by Crippen LogP contribution is 2.21. The second-order valence-corrected chi connectivity index (χ2v) is 4.37. The first kappa shape index (κ1) is 12.1. The molecule has 0 spiro atoms. The van der Waals surface area contributed by atoms with Crippen LogP contribution in [0.25, 0.3) is 22.4 Å². The van der Waals surface area contributed by atoms with Gasteiger partial charge in [-0.05, 0) is 6.42 Å². The summed E-state index contributed by atoms with van der Waals surface area (Å²) >= 11 is 0. The molecule has 0 saturated carbocycles. The van der Waals surface area contributed by atoms with Gasteiger partial charge in [-0.3, -0.25) is 0 Å². The Balaban J connectivity index is 2.04. The molecule has 0 radical (unpaired) electrons. The quantitative estimate of drug-likeness (QED) is 0.735. The largest absolute Gasteiger partial charge is 0.345 e. The van der Waals surface area contributed by atoms with Crippen LogP contribution in [0.3, 0.4) is 0 Å². The molecule has 0 aliphatic rings. The normalized spacial score (nSPS) is 10.9. The van der Waals surface area contributed by atoms with E-state index in [1.54, 1.807) is 6.20 Å². The van der Waals surface area contributed by atoms with E-state index in [0.717, 1.165) is 28.0 Å². The first-order valence-electron chi connectivity index (χ1n) is 6.31. The lowest BCUT2D eigenvalue weighted by atomic mass is 10.1. The number of hydrogen-bond donors (Lipinski definition) is 1. The average molecular weight is 260 g/mol. The number of rotatable bonds is 3. The van der Waals surface area contributed by atoms with Gasteiger partial charge in [0, 0.05) is 23.4 Å². The zero-order valence-corrected chi connectivity index (χ0v) is 10.7. The molecule has 0 amide bonds. The van der Waals surface area contributed by atoms with Crippen molar-refractivity contribution in [3.63, 3.8) is 0 Å². The zero-order chi connectivity index (χ0) is 13.8. The molecule has 96 valence electrons. The molecule has 2 heterocycles. The van der Waals surface area contributed by atoms with Crippen molar-refractivity contribution in [2.75, 3.05) is 0 Å². The SMILES string of the molecule is N#C/C=C\Cc1c[nH]c2ncc(-c3ccccc3)nc12. The number of H-pyrrole nitrogens is 1. The molecule has 0 bridgehead atoms. The van der Waals surface area contributed by atoms with Gasteiger partial charge in [0.25, 0.3) is 0 Å². The summed E-state index contributed by atoms with van der Waals surface area (Å²) in [6.07, 6.45) is 7.62. The summed E-state index contributed by atoms with van der Waals surface area (Å²) in [6.45, 7) is 0. The van der Waals surface area contributed by atoms with E-state index in [1.165, 1.54) is 6.08 Å². The lowest BCUT2D eigenvalue weighted by Crippen LogP contribution is -1.89. The predicted molar refractivity (Wildman–Crippen MR) is 77.8 cm³/mol. The third-order valence-corrected chi connectivity index (χ3v) is 3.06. The van der Waals surface area contributed by atoms with Gasteiger partial charge in [0.1, 0.15) is 5.52 Å². The zero-order valence-electron chi connectivity index (χ0n) is 10.7. The maximum Gasteiger partial charge on any atom is 0.156 e. The number of nitriles is 1. The molecule has 3 rings (SSSR count). The minimum Gasteiger partial charge on any atom is -0.345 e. The summed E-state index contributed by atoms with van der Waals surface area (Å²) in [6, 6.07) is 12.0. The van der Waals surface area contributed by atoms with Crippen molar-refractivity contribution >= 4 is 11.2 Å². The molecule has 1 N–H and O–H groups in total. The first-order valence-corrected chi connectivity index (χ1v) is 6.31. The molecule has 0 unspecified atom stereocenters. The Hall–Kier alpha value is -2.93. The summed E-state index contributed by atoms with van der Waals surface area (Å²) in [4.78, 5) is 12.2. The predicted octanol–water partition coefficient (Wildman–Crippen LogP) is 3.25. The van der Waals surface area contributed by atoms with Crippen LogP contribution in [0, 0.1) is 11.3 Å². The minimum absolute atomic E-state index is 0.667. The molecule has 0 atom stereocenters. The third kappa shape index (κ3) is 2.29. The molecular formula is C16H12N4. The van der Waals surface area contributed by atoms with Gasteiger partial charge in [-0.15, -0.1) is 0 Å². The highest BCUT2D eigenvalue weighted by atomic mass is 14.9. The molecule has 2 aromatic heterocycles. The fourth-order valence-electron chi connectivity index (χ4n) is 2.08. The molecular weight excluding hydrogens is 248 g/mol. The van der Waals surface area contributed by atoms with Gasteiger partial charge in [0.2, 0.25) is 0 Å². The molecule has 4 nitrogen and oxygen atoms in total. The topological polar surface area (TPSA) is 65.4 Å². The van der Waals surface area contributed by atoms with Gasteiger partial charge in [-0.2, -0.15) is 5.26 Å². The van der Waals surface area contributed by atoms with Crippen molar-refractivity contribution in [1.82, 2.24) is 15.0 Å². The maximum atomic E-state index is 8.53. The number of allylic oxidation sites excluding steroid dienone is 2. The molecule has 0 saturated heterocycles. The van der Waals surface area contributed by atoms with Crippen LogP contribution in [0.2, 0.25) is 0 Å². The van der Waals surface area contributed by atoms with Crippen molar-refractivity contribution in [1.29, 1.82) is 5.26 Å². The van der Waals surface area contributed by atoms with Gasteiger partial charge in [0.05, 0.1) is 18.0 Å². The minimum atomic E-state index is 0.667. The van der Waals surface area contributed by atoms with E-state index in [9.17, 15) is 0 Å². The summed E-state index contributed by atoms with van der Waals surface area (Å²) in [7, 11) is 0. The van der Waals surface area contributed by atoms with Gasteiger partial charge in [-0.25, -0.2) is 9.97 Å². The van der Waals surface area contributed by atoms with Crippen molar-refractivity contribution in [3.05, 3.63) is 60.4 Å². The molecule has 1 aromatic carbocycles. The van der Waals surface area contributed by atoms with Crippen LogP contribution in [0.15, 0.2) is 54.9 Å². The van der Waals surface area contributed by atoms with E-state index >= 15 is 0 Å². The van der Waals surface area contributed by atoms with E-state index in [0.29, 0.717) is 6.42 Å².